The summed E-state index contributed by atoms with van der Waals surface area (Å²) in [6.07, 6.45) is 0. The number of nitrogens with one attached hydrogen (secondary N) is 1. The minimum atomic E-state index is -3.89. The zero-order valence-electron chi connectivity index (χ0n) is 21.0. The number of hydrogen-bond donors (Lipinski definition) is 1. The summed E-state index contributed by atoms with van der Waals surface area (Å²) in [5.41, 5.74) is 1.41. The van der Waals surface area contributed by atoms with E-state index < -0.39 is 16.1 Å². The van der Waals surface area contributed by atoms with Gasteiger partial charge in [0.2, 0.25) is 10.0 Å². The summed E-state index contributed by atoms with van der Waals surface area (Å²) in [4.78, 5) is 16.3. The predicted octanol–water partition coefficient (Wildman–Crippen LogP) is 3.08. The summed E-state index contributed by atoms with van der Waals surface area (Å²) in [7, 11) is -1.77. The molecular weight excluding hydrogens is 480 g/mol. The van der Waals surface area contributed by atoms with E-state index in [1.807, 2.05) is 25.1 Å². The lowest BCUT2D eigenvalue weighted by Gasteiger charge is -2.34. The third-order valence-corrected chi connectivity index (χ3v) is 7.77. The van der Waals surface area contributed by atoms with E-state index in [9.17, 15) is 13.2 Å². The van der Waals surface area contributed by atoms with E-state index in [4.69, 9.17) is 4.74 Å². The molecular formula is C25H32N6O4S. The smallest absolute Gasteiger partial charge is 0.322 e. The number of carbonyl (C=O) groups excluding carboxylic acids is 1. The van der Waals surface area contributed by atoms with Crippen molar-refractivity contribution in [3.05, 3.63) is 59.9 Å². The van der Waals surface area contributed by atoms with Gasteiger partial charge in [0, 0.05) is 50.0 Å². The van der Waals surface area contributed by atoms with Crippen LogP contribution in [0.4, 0.5) is 5.69 Å². The quantitative estimate of drug-likeness (QED) is 0.436. The first kappa shape index (κ1) is 25.8. The van der Waals surface area contributed by atoms with E-state index in [1.54, 1.807) is 23.6 Å². The molecule has 0 amide bonds. The number of Topliss-reactive ketones (excluding diaryl/α,β-unsaturated/α-hetero) is 1. The molecule has 1 aromatic heterocycles. The van der Waals surface area contributed by atoms with Gasteiger partial charge in [-0.15, -0.1) is 5.10 Å². The highest BCUT2D eigenvalue weighted by molar-refractivity contribution is 7.89. The molecule has 4 rings (SSSR count). The summed E-state index contributed by atoms with van der Waals surface area (Å²) in [5.74, 6) is 0.854. The van der Waals surface area contributed by atoms with Gasteiger partial charge in [0.15, 0.2) is 11.6 Å². The van der Waals surface area contributed by atoms with Crippen molar-refractivity contribution in [2.24, 2.45) is 0 Å². The fraction of sp³-hybridized carbons (Fsp3) is 0.400. The van der Waals surface area contributed by atoms with Gasteiger partial charge in [-0.2, -0.15) is 0 Å². The van der Waals surface area contributed by atoms with Crippen molar-refractivity contribution < 1.29 is 17.9 Å². The standard InChI is InChI=1S/C25H32N6O4S/c1-5-31-24(18(2)28-36(33,34)23-11-6-8-20(16-23)19(3)32)26-27-25(31)35-22-10-7-9-21(17-22)30-14-12-29(4)13-15-30/h6-11,16-18,28H,5,12-15H2,1-4H3/t18-/m1/s1. The maximum absolute atomic E-state index is 13.0. The lowest BCUT2D eigenvalue weighted by Crippen LogP contribution is -2.44. The van der Waals surface area contributed by atoms with Crippen LogP contribution in [0, 0.1) is 0 Å². The van der Waals surface area contributed by atoms with E-state index in [0.717, 1.165) is 31.9 Å². The van der Waals surface area contributed by atoms with Crippen molar-refractivity contribution >= 4 is 21.5 Å². The first-order chi connectivity index (χ1) is 17.2. The minimum absolute atomic E-state index is 0.0156. The number of nitrogens with zero attached hydrogens (tertiary/aromatic N) is 5. The van der Waals surface area contributed by atoms with E-state index in [-0.39, 0.29) is 16.7 Å². The number of piperazine rings is 1. The average Bonchev–Trinajstić information content (AvgIpc) is 3.27. The van der Waals surface area contributed by atoms with Crippen molar-refractivity contribution in [3.63, 3.8) is 0 Å². The molecule has 192 valence electrons. The van der Waals surface area contributed by atoms with Gasteiger partial charge in [-0.3, -0.25) is 9.36 Å². The largest absolute Gasteiger partial charge is 0.424 e. The third kappa shape index (κ3) is 5.75. The van der Waals surface area contributed by atoms with Gasteiger partial charge in [-0.1, -0.05) is 23.3 Å². The molecule has 2 heterocycles. The van der Waals surface area contributed by atoms with Crippen LogP contribution in [0.15, 0.2) is 53.4 Å². The summed E-state index contributed by atoms with van der Waals surface area (Å²) in [6, 6.07) is 13.4. The number of sulfonamides is 1. The van der Waals surface area contributed by atoms with Crippen LogP contribution in [-0.2, 0) is 16.6 Å². The van der Waals surface area contributed by atoms with Crippen molar-refractivity contribution in [3.8, 4) is 11.8 Å². The van der Waals surface area contributed by atoms with Crippen LogP contribution in [0.1, 0.15) is 43.0 Å². The Morgan fingerprint density at radius 2 is 1.81 bits per heavy atom. The summed E-state index contributed by atoms with van der Waals surface area (Å²) >= 11 is 0. The first-order valence-electron chi connectivity index (χ1n) is 12.0. The van der Waals surface area contributed by atoms with E-state index in [2.05, 4.69) is 37.8 Å². The summed E-state index contributed by atoms with van der Waals surface area (Å²) in [5, 5.41) is 8.40. The highest BCUT2D eigenvalue weighted by atomic mass is 32.2. The Balaban J connectivity index is 1.51. The van der Waals surface area contributed by atoms with Gasteiger partial charge in [0.25, 0.3) is 0 Å². The predicted molar refractivity (Wildman–Crippen MR) is 137 cm³/mol. The second kappa shape index (κ2) is 10.8. The Morgan fingerprint density at radius 1 is 1.08 bits per heavy atom. The van der Waals surface area contributed by atoms with Crippen LogP contribution in [0.25, 0.3) is 0 Å². The van der Waals surface area contributed by atoms with E-state index in [1.165, 1.54) is 19.1 Å². The molecule has 1 fully saturated rings. The van der Waals surface area contributed by atoms with Crippen LogP contribution in [0.3, 0.4) is 0 Å². The molecule has 1 atom stereocenters. The Kier molecular flexibility index (Phi) is 7.72. The number of rotatable bonds is 9. The van der Waals surface area contributed by atoms with Crippen molar-refractivity contribution in [1.82, 2.24) is 24.4 Å². The molecule has 1 saturated heterocycles. The molecule has 10 nitrogen and oxygen atoms in total. The SMILES string of the molecule is CCn1c(Oc2cccc(N3CCN(C)CC3)c2)nnc1[C@@H](C)NS(=O)(=O)c1cccc(C(C)=O)c1. The molecule has 1 aliphatic heterocycles. The molecule has 0 spiro atoms. The zero-order valence-corrected chi connectivity index (χ0v) is 21.8. The Labute approximate surface area is 211 Å². The second-order valence-corrected chi connectivity index (χ2v) is 10.6. The second-order valence-electron chi connectivity index (χ2n) is 8.90. The number of benzene rings is 2. The van der Waals surface area contributed by atoms with Crippen molar-refractivity contribution in [2.75, 3.05) is 38.1 Å². The van der Waals surface area contributed by atoms with Crippen molar-refractivity contribution in [2.45, 2.75) is 38.3 Å². The molecule has 0 aliphatic carbocycles. The highest BCUT2D eigenvalue weighted by Gasteiger charge is 2.25. The molecule has 11 heteroatoms. The number of anilines is 1. The number of ketones is 1. The van der Waals surface area contributed by atoms with Crippen molar-refractivity contribution in [1.29, 1.82) is 0 Å². The number of ether oxygens (including phenoxy) is 1. The highest BCUT2D eigenvalue weighted by Crippen LogP contribution is 2.28. The van der Waals surface area contributed by atoms with Crippen LogP contribution in [0.5, 0.6) is 11.8 Å². The van der Waals surface area contributed by atoms with Gasteiger partial charge in [-0.25, -0.2) is 13.1 Å². The van der Waals surface area contributed by atoms with Crippen LogP contribution in [-0.4, -0.2) is 67.1 Å². The summed E-state index contributed by atoms with van der Waals surface area (Å²) < 4.78 is 36.4. The lowest BCUT2D eigenvalue weighted by molar-refractivity contribution is 0.101. The number of carbonyl (C=O) groups is 1. The normalized spacial score (nSPS) is 15.6. The zero-order chi connectivity index (χ0) is 25.9. The molecule has 3 aromatic rings. The molecule has 36 heavy (non-hydrogen) atoms. The third-order valence-electron chi connectivity index (χ3n) is 6.23. The maximum Gasteiger partial charge on any atom is 0.322 e. The maximum atomic E-state index is 13.0. The fourth-order valence-electron chi connectivity index (χ4n) is 4.14. The topological polar surface area (TPSA) is 110 Å². The lowest BCUT2D eigenvalue weighted by atomic mass is 10.2. The Morgan fingerprint density at radius 3 is 2.50 bits per heavy atom. The number of likely N-dealkylation sites (N-methyl/N-ethyl adjacent to an activating group) is 1. The summed E-state index contributed by atoms with van der Waals surface area (Å²) in [6.45, 7) is 9.40. The fourth-order valence-corrected chi connectivity index (χ4v) is 5.39. The molecule has 0 saturated carbocycles. The van der Waals surface area contributed by atoms with Gasteiger partial charge in [0.05, 0.1) is 10.9 Å². The molecule has 0 radical (unpaired) electrons. The van der Waals surface area contributed by atoms with Gasteiger partial charge < -0.3 is 14.5 Å². The minimum Gasteiger partial charge on any atom is -0.424 e. The van der Waals surface area contributed by atoms with Gasteiger partial charge in [-0.05, 0) is 52.1 Å². The van der Waals surface area contributed by atoms with Gasteiger partial charge >= 0.3 is 6.01 Å². The van der Waals surface area contributed by atoms with E-state index >= 15 is 0 Å². The van der Waals surface area contributed by atoms with Crippen LogP contribution in [0.2, 0.25) is 0 Å². The molecule has 1 N–H and O–H groups in total. The Bertz CT molecular complexity index is 1330. The number of aromatic nitrogens is 3. The van der Waals surface area contributed by atoms with Crippen LogP contribution >= 0.6 is 0 Å². The molecule has 0 unspecified atom stereocenters. The van der Waals surface area contributed by atoms with E-state index in [0.29, 0.717) is 23.7 Å². The molecule has 0 bridgehead atoms. The Hall–Kier alpha value is -3.28. The molecule has 1 aliphatic rings. The first-order valence-corrected chi connectivity index (χ1v) is 13.4. The van der Waals surface area contributed by atoms with Crippen LogP contribution < -0.4 is 14.4 Å². The van der Waals surface area contributed by atoms with Gasteiger partial charge in [0.1, 0.15) is 5.75 Å². The molecule has 2 aromatic carbocycles. The number of hydrogen-bond acceptors (Lipinski definition) is 8. The average molecular weight is 513 g/mol. The monoisotopic (exact) mass is 512 g/mol.